The number of nitrogens with one attached hydrogen (secondary N) is 1. The summed E-state index contributed by atoms with van der Waals surface area (Å²) >= 11 is 0. The molecule has 1 aromatic heterocycles. The first kappa shape index (κ1) is 23.6. The van der Waals surface area contributed by atoms with Gasteiger partial charge in [-0.15, -0.1) is 0 Å². The Labute approximate surface area is 191 Å². The maximum atomic E-state index is 5.82. The summed E-state index contributed by atoms with van der Waals surface area (Å²) < 4.78 is 8.04. The van der Waals surface area contributed by atoms with E-state index < -0.39 is 0 Å². The Morgan fingerprint density at radius 1 is 1.19 bits per heavy atom. The normalized spacial score (nSPS) is 13.2. The number of hydrogen-bond donors (Lipinski definition) is 1. The third-order valence-corrected chi connectivity index (χ3v) is 5.70. The average molecular weight is 435 g/mol. The van der Waals surface area contributed by atoms with Gasteiger partial charge in [0.2, 0.25) is 0 Å². The number of hydroxylamine groups is 1. The van der Waals surface area contributed by atoms with Crippen LogP contribution < -0.4 is 10.2 Å². The number of imidazole rings is 1. The summed E-state index contributed by atoms with van der Waals surface area (Å²) in [5, 5.41) is 0. The molecule has 32 heavy (non-hydrogen) atoms. The van der Waals surface area contributed by atoms with E-state index in [0.717, 1.165) is 54.5 Å². The molecule has 0 aliphatic carbocycles. The Bertz CT molecular complexity index is 1070. The maximum Gasteiger partial charge on any atom is 0.140 e. The topological polar surface area (TPSA) is 51.5 Å². The van der Waals surface area contributed by atoms with Gasteiger partial charge < -0.3 is 9.30 Å². The van der Waals surface area contributed by atoms with Crippen molar-refractivity contribution in [3.8, 4) is 17.1 Å². The molecule has 0 fully saturated rings. The molecule has 0 amide bonds. The second-order valence-electron chi connectivity index (χ2n) is 7.75. The standard InChI is InChI=1S/C25H30N4O2.CH4/c1-5-31-24-12-7-6-9-21(24)16-29-14-13-22-23(17-29)28(3)25(26-22)20-11-8-10-19(15-20)18(2)27-30-4;/h6-12,15,27H,2,5,13-14,16-17H2,1,3-4H3;1H4. The Balaban J connectivity index is 0.00000289. The van der Waals surface area contributed by atoms with E-state index >= 15 is 0 Å². The fourth-order valence-electron chi connectivity index (χ4n) is 4.13. The van der Waals surface area contributed by atoms with Crippen LogP contribution in [0, 0.1) is 0 Å². The lowest BCUT2D eigenvalue weighted by Gasteiger charge is -2.27. The van der Waals surface area contributed by atoms with Gasteiger partial charge in [-0.3, -0.25) is 15.2 Å². The van der Waals surface area contributed by atoms with Gasteiger partial charge in [0.05, 0.1) is 30.8 Å². The molecule has 4 rings (SSSR count). The van der Waals surface area contributed by atoms with Crippen molar-refractivity contribution < 1.29 is 9.57 Å². The summed E-state index contributed by atoms with van der Waals surface area (Å²) in [6.45, 7) is 9.46. The highest BCUT2D eigenvalue weighted by molar-refractivity contribution is 5.68. The van der Waals surface area contributed by atoms with Gasteiger partial charge in [-0.05, 0) is 24.6 Å². The lowest BCUT2D eigenvalue weighted by molar-refractivity contribution is 0.137. The largest absolute Gasteiger partial charge is 0.494 e. The quantitative estimate of drug-likeness (QED) is 0.516. The SMILES string of the molecule is C.C=C(NOC)c1cccc(-c2nc3c(n2C)CN(Cc2ccccc2OCC)CC3)c1. The van der Waals surface area contributed by atoms with Crippen molar-refractivity contribution in [2.45, 2.75) is 33.9 Å². The molecule has 1 N–H and O–H groups in total. The van der Waals surface area contributed by atoms with Crippen molar-refractivity contribution in [1.29, 1.82) is 0 Å². The minimum atomic E-state index is 0. The van der Waals surface area contributed by atoms with Crippen LogP contribution in [0.15, 0.2) is 55.1 Å². The van der Waals surface area contributed by atoms with Crippen molar-refractivity contribution >= 4 is 5.70 Å². The molecule has 0 spiro atoms. The zero-order chi connectivity index (χ0) is 21.8. The molecule has 2 aromatic carbocycles. The van der Waals surface area contributed by atoms with Crippen LogP contribution in [0.1, 0.15) is 36.9 Å². The number of rotatable bonds is 8. The predicted molar refractivity (Wildman–Crippen MR) is 130 cm³/mol. The van der Waals surface area contributed by atoms with Gasteiger partial charge in [0.15, 0.2) is 0 Å². The van der Waals surface area contributed by atoms with E-state index in [1.54, 1.807) is 7.11 Å². The molecule has 0 atom stereocenters. The van der Waals surface area contributed by atoms with Crippen molar-refractivity contribution in [1.82, 2.24) is 19.9 Å². The Hall–Kier alpha value is -3.09. The van der Waals surface area contributed by atoms with Crippen LogP contribution in [-0.2, 0) is 31.4 Å². The molecular formula is C26H34N4O2. The molecule has 6 heteroatoms. The van der Waals surface area contributed by atoms with Gasteiger partial charge in [0, 0.05) is 44.2 Å². The molecule has 0 saturated carbocycles. The molecule has 2 heterocycles. The molecule has 1 aliphatic heterocycles. The molecule has 0 unspecified atom stereocenters. The van der Waals surface area contributed by atoms with Gasteiger partial charge >= 0.3 is 0 Å². The van der Waals surface area contributed by atoms with Crippen molar-refractivity contribution in [3.63, 3.8) is 0 Å². The third kappa shape index (κ3) is 4.87. The number of para-hydroxylation sites is 1. The van der Waals surface area contributed by atoms with Crippen LogP contribution in [0.25, 0.3) is 17.1 Å². The summed E-state index contributed by atoms with van der Waals surface area (Å²) in [6.07, 6.45) is 0.942. The summed E-state index contributed by atoms with van der Waals surface area (Å²) in [5.74, 6) is 1.96. The van der Waals surface area contributed by atoms with Crippen LogP contribution in [0.3, 0.4) is 0 Å². The molecular weight excluding hydrogens is 400 g/mol. The van der Waals surface area contributed by atoms with Crippen LogP contribution in [0.4, 0.5) is 0 Å². The molecule has 170 valence electrons. The van der Waals surface area contributed by atoms with Crippen LogP contribution in [0.5, 0.6) is 5.75 Å². The summed E-state index contributed by atoms with van der Waals surface area (Å²) in [4.78, 5) is 12.4. The van der Waals surface area contributed by atoms with Gasteiger partial charge in [0.25, 0.3) is 0 Å². The predicted octanol–water partition coefficient (Wildman–Crippen LogP) is 4.80. The van der Waals surface area contributed by atoms with E-state index in [-0.39, 0.29) is 7.43 Å². The van der Waals surface area contributed by atoms with Gasteiger partial charge in [-0.25, -0.2) is 4.98 Å². The highest BCUT2D eigenvalue weighted by atomic mass is 16.6. The average Bonchev–Trinajstić information content (AvgIpc) is 3.12. The lowest BCUT2D eigenvalue weighted by atomic mass is 10.1. The second-order valence-corrected chi connectivity index (χ2v) is 7.75. The monoisotopic (exact) mass is 434 g/mol. The van der Waals surface area contributed by atoms with E-state index in [1.807, 2.05) is 25.1 Å². The van der Waals surface area contributed by atoms with E-state index in [0.29, 0.717) is 6.61 Å². The molecule has 3 aromatic rings. The number of fused-ring (bicyclic) bond motifs is 1. The fourth-order valence-corrected chi connectivity index (χ4v) is 4.13. The Kier molecular flexibility index (Phi) is 7.72. The van der Waals surface area contributed by atoms with E-state index in [2.05, 4.69) is 58.9 Å². The molecule has 6 nitrogen and oxygen atoms in total. The fraction of sp³-hybridized carbons (Fsp3) is 0.346. The molecule has 0 saturated heterocycles. The highest BCUT2D eigenvalue weighted by Crippen LogP contribution is 2.29. The van der Waals surface area contributed by atoms with Crippen molar-refractivity contribution in [3.05, 3.63) is 77.6 Å². The third-order valence-electron chi connectivity index (χ3n) is 5.70. The smallest absolute Gasteiger partial charge is 0.140 e. The van der Waals surface area contributed by atoms with Gasteiger partial charge in [-0.1, -0.05) is 50.4 Å². The van der Waals surface area contributed by atoms with E-state index in [4.69, 9.17) is 14.6 Å². The first-order valence-electron chi connectivity index (χ1n) is 10.7. The summed E-state index contributed by atoms with van der Waals surface area (Å²) in [5.41, 5.74) is 9.27. The number of nitrogens with zero attached hydrogens (tertiary/aromatic N) is 3. The van der Waals surface area contributed by atoms with Crippen molar-refractivity contribution in [2.24, 2.45) is 7.05 Å². The summed E-state index contributed by atoms with van der Waals surface area (Å²) in [6, 6.07) is 16.5. The Morgan fingerprint density at radius 2 is 2.00 bits per heavy atom. The molecule has 1 aliphatic rings. The second kappa shape index (κ2) is 10.5. The van der Waals surface area contributed by atoms with Gasteiger partial charge in [0.1, 0.15) is 11.6 Å². The number of aromatic nitrogens is 2. The van der Waals surface area contributed by atoms with Crippen molar-refractivity contribution in [2.75, 3.05) is 20.3 Å². The highest BCUT2D eigenvalue weighted by Gasteiger charge is 2.24. The minimum absolute atomic E-state index is 0. The van der Waals surface area contributed by atoms with Gasteiger partial charge in [-0.2, -0.15) is 0 Å². The summed E-state index contributed by atoms with van der Waals surface area (Å²) in [7, 11) is 3.69. The maximum absolute atomic E-state index is 5.82. The zero-order valence-electron chi connectivity index (χ0n) is 18.5. The molecule has 0 radical (unpaired) electrons. The van der Waals surface area contributed by atoms with Crippen LogP contribution in [-0.4, -0.2) is 34.7 Å². The number of benzene rings is 2. The van der Waals surface area contributed by atoms with E-state index in [9.17, 15) is 0 Å². The lowest BCUT2D eigenvalue weighted by Crippen LogP contribution is -2.31. The molecule has 0 bridgehead atoms. The first-order valence-corrected chi connectivity index (χ1v) is 10.7. The van der Waals surface area contributed by atoms with E-state index in [1.165, 1.54) is 17.0 Å². The number of hydrogen-bond acceptors (Lipinski definition) is 5. The Morgan fingerprint density at radius 3 is 2.78 bits per heavy atom. The van der Waals surface area contributed by atoms with Crippen LogP contribution >= 0.6 is 0 Å². The zero-order valence-corrected chi connectivity index (χ0v) is 18.5. The first-order chi connectivity index (χ1) is 15.1. The van der Waals surface area contributed by atoms with Crippen LogP contribution in [0.2, 0.25) is 0 Å². The number of ether oxygens (including phenoxy) is 1. The minimum Gasteiger partial charge on any atom is -0.494 e.